The fourth-order valence-electron chi connectivity index (χ4n) is 4.05. The fraction of sp³-hybridized carbons (Fsp3) is 0.381. The number of anilines is 2. The highest BCUT2D eigenvalue weighted by Crippen LogP contribution is 2.32. The van der Waals surface area contributed by atoms with Crippen molar-refractivity contribution in [2.75, 3.05) is 49.1 Å². The van der Waals surface area contributed by atoms with Crippen molar-refractivity contribution in [3.63, 3.8) is 0 Å². The van der Waals surface area contributed by atoms with E-state index in [1.165, 1.54) is 6.07 Å². The van der Waals surface area contributed by atoms with Crippen LogP contribution in [-0.4, -0.2) is 55.0 Å². The molecule has 29 heavy (non-hydrogen) atoms. The number of benzene rings is 2. The molecule has 2 fully saturated rings. The number of halogens is 1. The Bertz CT molecular complexity index is 922. The summed E-state index contributed by atoms with van der Waals surface area (Å²) in [5, 5.41) is 12.3. The molecule has 0 N–H and O–H groups in total. The van der Waals surface area contributed by atoms with Crippen LogP contribution in [0.2, 0.25) is 5.02 Å². The average molecular weight is 415 g/mol. The van der Waals surface area contributed by atoms with Gasteiger partial charge in [-0.15, -0.1) is 0 Å². The van der Waals surface area contributed by atoms with Gasteiger partial charge in [-0.2, -0.15) is 0 Å². The minimum Gasteiger partial charge on any atom is -0.368 e. The van der Waals surface area contributed by atoms with Gasteiger partial charge >= 0.3 is 0 Å². The summed E-state index contributed by atoms with van der Waals surface area (Å²) in [7, 11) is 0. The van der Waals surface area contributed by atoms with Gasteiger partial charge in [0.15, 0.2) is 0 Å². The molecule has 0 spiro atoms. The molecule has 4 rings (SSSR count). The van der Waals surface area contributed by atoms with E-state index in [4.69, 9.17) is 11.6 Å². The maximum absolute atomic E-state index is 13.0. The van der Waals surface area contributed by atoms with Crippen LogP contribution in [0.3, 0.4) is 0 Å². The highest BCUT2D eigenvalue weighted by molar-refractivity contribution is 6.30. The summed E-state index contributed by atoms with van der Waals surface area (Å²) in [6.45, 7) is 4.15. The highest BCUT2D eigenvalue weighted by Gasteiger charge is 2.27. The second kappa shape index (κ2) is 8.29. The number of hydrogen-bond acceptors (Lipinski definition) is 5. The van der Waals surface area contributed by atoms with Crippen LogP contribution in [-0.2, 0) is 0 Å². The monoisotopic (exact) mass is 414 g/mol. The lowest BCUT2D eigenvalue weighted by Gasteiger charge is -2.36. The van der Waals surface area contributed by atoms with E-state index < -0.39 is 0 Å². The first kappa shape index (κ1) is 19.5. The Balaban J connectivity index is 1.47. The predicted octanol–water partition coefficient (Wildman–Crippen LogP) is 3.81. The molecule has 2 aromatic carbocycles. The van der Waals surface area contributed by atoms with E-state index in [0.717, 1.165) is 31.6 Å². The zero-order valence-electron chi connectivity index (χ0n) is 16.1. The Kier molecular flexibility index (Phi) is 5.58. The molecule has 0 atom stereocenters. The van der Waals surface area contributed by atoms with Crippen LogP contribution in [0, 0.1) is 10.1 Å². The van der Waals surface area contributed by atoms with Gasteiger partial charge in [-0.3, -0.25) is 14.9 Å². The minimum atomic E-state index is -0.387. The van der Waals surface area contributed by atoms with Crippen molar-refractivity contribution in [1.29, 1.82) is 0 Å². The first-order valence-corrected chi connectivity index (χ1v) is 10.2. The number of nitro groups is 1. The number of carbonyl (C=O) groups is 1. The molecule has 2 heterocycles. The van der Waals surface area contributed by atoms with Crippen LogP contribution in [0.5, 0.6) is 0 Å². The van der Waals surface area contributed by atoms with E-state index >= 15 is 0 Å². The standard InChI is InChI=1S/C21H23ClN4O3/c22-17-4-3-5-18(15-17)23-10-12-25(13-11-23)21(27)16-6-7-19(20(14-16)26(28)29)24-8-1-2-9-24/h3-7,14-15H,1-2,8-13H2. The lowest BCUT2D eigenvalue weighted by molar-refractivity contribution is -0.384. The lowest BCUT2D eigenvalue weighted by atomic mass is 10.1. The molecule has 2 aliphatic heterocycles. The van der Waals surface area contributed by atoms with Gasteiger partial charge in [-0.25, -0.2) is 0 Å². The smallest absolute Gasteiger partial charge is 0.293 e. The van der Waals surface area contributed by atoms with Crippen molar-refractivity contribution in [1.82, 2.24) is 4.90 Å². The fourth-order valence-corrected chi connectivity index (χ4v) is 4.24. The largest absolute Gasteiger partial charge is 0.368 e. The van der Waals surface area contributed by atoms with Crippen molar-refractivity contribution in [2.24, 2.45) is 0 Å². The molecule has 2 saturated heterocycles. The summed E-state index contributed by atoms with van der Waals surface area (Å²) >= 11 is 6.07. The molecule has 152 valence electrons. The Morgan fingerprint density at radius 1 is 0.931 bits per heavy atom. The Morgan fingerprint density at radius 3 is 2.31 bits per heavy atom. The number of amides is 1. The molecule has 0 aromatic heterocycles. The molecule has 0 saturated carbocycles. The molecule has 2 aliphatic rings. The number of nitro benzene ring substituents is 1. The quantitative estimate of drug-likeness (QED) is 0.562. The second-order valence-electron chi connectivity index (χ2n) is 7.41. The van der Waals surface area contributed by atoms with Crippen LogP contribution < -0.4 is 9.80 Å². The van der Waals surface area contributed by atoms with E-state index in [2.05, 4.69) is 4.90 Å². The third-order valence-electron chi connectivity index (χ3n) is 5.61. The van der Waals surface area contributed by atoms with Gasteiger partial charge in [0.2, 0.25) is 0 Å². The van der Waals surface area contributed by atoms with E-state index in [1.807, 2.05) is 29.2 Å². The maximum Gasteiger partial charge on any atom is 0.293 e. The number of hydrogen-bond donors (Lipinski definition) is 0. The first-order valence-electron chi connectivity index (χ1n) is 9.86. The lowest BCUT2D eigenvalue weighted by Crippen LogP contribution is -2.48. The third-order valence-corrected chi connectivity index (χ3v) is 5.84. The van der Waals surface area contributed by atoms with Gasteiger partial charge in [0.1, 0.15) is 5.69 Å². The van der Waals surface area contributed by atoms with Gasteiger partial charge < -0.3 is 14.7 Å². The van der Waals surface area contributed by atoms with Crippen molar-refractivity contribution >= 4 is 34.6 Å². The Hall–Kier alpha value is -2.80. The van der Waals surface area contributed by atoms with Gasteiger partial charge in [0.05, 0.1) is 4.92 Å². The summed E-state index contributed by atoms with van der Waals surface area (Å²) in [5.41, 5.74) is 2.02. The molecule has 8 heteroatoms. The van der Waals surface area contributed by atoms with Crippen molar-refractivity contribution in [2.45, 2.75) is 12.8 Å². The molecular formula is C21H23ClN4O3. The Labute approximate surface area is 174 Å². The number of piperazine rings is 1. The molecule has 1 amide bonds. The van der Waals surface area contributed by atoms with Crippen LogP contribution in [0.4, 0.5) is 17.1 Å². The van der Waals surface area contributed by atoms with E-state index in [9.17, 15) is 14.9 Å². The van der Waals surface area contributed by atoms with E-state index in [1.54, 1.807) is 17.0 Å². The van der Waals surface area contributed by atoms with E-state index in [0.29, 0.717) is 42.5 Å². The third kappa shape index (κ3) is 4.15. The average Bonchev–Trinajstić information content (AvgIpc) is 3.27. The molecular weight excluding hydrogens is 392 g/mol. The molecule has 0 unspecified atom stereocenters. The Morgan fingerprint density at radius 2 is 1.66 bits per heavy atom. The van der Waals surface area contributed by atoms with Crippen LogP contribution in [0.25, 0.3) is 0 Å². The summed E-state index contributed by atoms with van der Waals surface area (Å²) < 4.78 is 0. The SMILES string of the molecule is O=C(c1ccc(N2CCCC2)c([N+](=O)[O-])c1)N1CCN(c2cccc(Cl)c2)CC1. The molecule has 0 radical (unpaired) electrons. The van der Waals surface area contributed by atoms with Crippen molar-refractivity contribution in [3.05, 3.63) is 63.2 Å². The summed E-state index contributed by atoms with van der Waals surface area (Å²) in [6, 6.07) is 12.5. The molecule has 7 nitrogen and oxygen atoms in total. The first-order chi connectivity index (χ1) is 14.0. The second-order valence-corrected chi connectivity index (χ2v) is 7.85. The van der Waals surface area contributed by atoms with Crippen molar-refractivity contribution < 1.29 is 9.72 Å². The summed E-state index contributed by atoms with van der Waals surface area (Å²) in [6.07, 6.45) is 2.07. The predicted molar refractivity (Wildman–Crippen MR) is 114 cm³/mol. The zero-order valence-corrected chi connectivity index (χ0v) is 16.8. The highest BCUT2D eigenvalue weighted by atomic mass is 35.5. The van der Waals surface area contributed by atoms with Gasteiger partial charge in [0.25, 0.3) is 11.6 Å². The minimum absolute atomic E-state index is 0.00955. The number of rotatable bonds is 4. The van der Waals surface area contributed by atoms with Crippen LogP contribution in [0.15, 0.2) is 42.5 Å². The molecule has 0 bridgehead atoms. The number of nitrogens with zero attached hydrogens (tertiary/aromatic N) is 4. The van der Waals surface area contributed by atoms with Gasteiger partial charge in [-0.1, -0.05) is 17.7 Å². The van der Waals surface area contributed by atoms with Crippen molar-refractivity contribution in [3.8, 4) is 0 Å². The normalized spacial score (nSPS) is 16.9. The molecule has 2 aromatic rings. The van der Waals surface area contributed by atoms with Crippen LogP contribution >= 0.6 is 11.6 Å². The maximum atomic E-state index is 13.0. The van der Waals surface area contributed by atoms with Gasteiger partial charge in [0, 0.05) is 61.6 Å². The van der Waals surface area contributed by atoms with Crippen LogP contribution in [0.1, 0.15) is 23.2 Å². The molecule has 0 aliphatic carbocycles. The summed E-state index contributed by atoms with van der Waals surface area (Å²) in [4.78, 5) is 30.1. The van der Waals surface area contributed by atoms with Gasteiger partial charge in [-0.05, 0) is 43.2 Å². The number of carbonyl (C=O) groups excluding carboxylic acids is 1. The zero-order chi connectivity index (χ0) is 20.4. The van der Waals surface area contributed by atoms with E-state index in [-0.39, 0.29) is 16.5 Å². The summed E-state index contributed by atoms with van der Waals surface area (Å²) in [5.74, 6) is -0.160. The topological polar surface area (TPSA) is 69.9 Å².